The van der Waals surface area contributed by atoms with Gasteiger partial charge in [-0.25, -0.2) is 18.4 Å². The molecule has 31 heavy (non-hydrogen) atoms. The van der Waals surface area contributed by atoms with Gasteiger partial charge in [-0.15, -0.1) is 0 Å². The normalized spacial score (nSPS) is 22.1. The minimum Gasteiger partial charge on any atom is -0.465 e. The fourth-order valence-corrected chi connectivity index (χ4v) is 4.27. The number of para-hydroxylation sites is 1. The molecule has 5 rings (SSSR count). The average molecular weight is 430 g/mol. The molecule has 164 valence electrons. The van der Waals surface area contributed by atoms with Crippen LogP contribution in [0.25, 0.3) is 0 Å². The maximum Gasteiger partial charge on any atom is 0.415 e. The Bertz CT molecular complexity index is 976. The van der Waals surface area contributed by atoms with Crippen LogP contribution in [0.5, 0.6) is 0 Å². The molecule has 0 spiro atoms. The number of fused-ring (bicyclic) bond motifs is 3. The van der Waals surface area contributed by atoms with Crippen molar-refractivity contribution in [3.05, 3.63) is 65.2 Å². The Morgan fingerprint density at radius 2 is 1.84 bits per heavy atom. The lowest BCUT2D eigenvalue weighted by molar-refractivity contribution is -0.0311. The zero-order valence-corrected chi connectivity index (χ0v) is 17.2. The van der Waals surface area contributed by atoms with Crippen LogP contribution in [0.1, 0.15) is 28.8 Å². The standard InChI is InChI=1S/C23H24F2N2O4/c1-30-22(28)17-7-6-15(12-19(17)25)13-27(20-5-3-2-4-18(20)24)23(29)31-21-14-26-10-8-16(21)9-11-26/h2-7,12,16,21H,8-11,13-14H2,1H3/t21-/m0/s1. The van der Waals surface area contributed by atoms with Crippen LogP contribution in [0, 0.1) is 17.6 Å². The van der Waals surface area contributed by atoms with Crippen molar-refractivity contribution >= 4 is 17.7 Å². The number of piperidine rings is 3. The molecule has 2 aromatic carbocycles. The van der Waals surface area contributed by atoms with Gasteiger partial charge in [0.2, 0.25) is 0 Å². The summed E-state index contributed by atoms with van der Waals surface area (Å²) < 4.78 is 39.3. The fraction of sp³-hybridized carbons (Fsp3) is 0.391. The highest BCUT2D eigenvalue weighted by Gasteiger charge is 2.37. The number of amides is 1. The Morgan fingerprint density at radius 1 is 1.10 bits per heavy atom. The first kappa shape index (κ1) is 21.2. The zero-order chi connectivity index (χ0) is 22.0. The first-order valence-electron chi connectivity index (χ1n) is 10.3. The molecule has 3 aliphatic heterocycles. The van der Waals surface area contributed by atoms with Crippen molar-refractivity contribution in [2.75, 3.05) is 31.6 Å². The molecule has 2 bridgehead atoms. The quantitative estimate of drug-likeness (QED) is 0.672. The number of hydrogen-bond donors (Lipinski definition) is 0. The van der Waals surface area contributed by atoms with Crippen molar-refractivity contribution in [3.63, 3.8) is 0 Å². The van der Waals surface area contributed by atoms with Crippen LogP contribution in [-0.2, 0) is 16.0 Å². The molecule has 0 aliphatic carbocycles. The van der Waals surface area contributed by atoms with Crippen LogP contribution in [-0.4, -0.2) is 49.8 Å². The Morgan fingerprint density at radius 3 is 2.45 bits per heavy atom. The molecule has 6 nitrogen and oxygen atoms in total. The SMILES string of the molecule is COC(=O)c1ccc(CN(C(=O)O[C@H]2CN3CCC2CC3)c2ccccc2F)cc1F. The monoisotopic (exact) mass is 430 g/mol. The Labute approximate surface area is 179 Å². The molecule has 0 radical (unpaired) electrons. The van der Waals surface area contributed by atoms with Crippen LogP contribution >= 0.6 is 0 Å². The first-order chi connectivity index (χ1) is 15.0. The van der Waals surface area contributed by atoms with E-state index in [4.69, 9.17) is 4.74 Å². The van der Waals surface area contributed by atoms with E-state index in [1.54, 1.807) is 6.07 Å². The summed E-state index contributed by atoms with van der Waals surface area (Å²) in [5.41, 5.74) is 0.226. The van der Waals surface area contributed by atoms with Gasteiger partial charge in [-0.1, -0.05) is 18.2 Å². The third-order valence-electron chi connectivity index (χ3n) is 5.99. The predicted octanol–water partition coefficient (Wildman–Crippen LogP) is 3.99. The molecule has 0 unspecified atom stereocenters. The van der Waals surface area contributed by atoms with Gasteiger partial charge >= 0.3 is 12.1 Å². The molecule has 0 saturated carbocycles. The van der Waals surface area contributed by atoms with E-state index in [0.29, 0.717) is 18.0 Å². The lowest BCUT2D eigenvalue weighted by atomic mass is 9.86. The number of benzene rings is 2. The summed E-state index contributed by atoms with van der Waals surface area (Å²) in [6.45, 7) is 2.56. The number of rotatable bonds is 5. The van der Waals surface area contributed by atoms with E-state index in [1.165, 1.54) is 42.3 Å². The lowest BCUT2D eigenvalue weighted by Crippen LogP contribution is -2.53. The summed E-state index contributed by atoms with van der Waals surface area (Å²) in [4.78, 5) is 28.2. The summed E-state index contributed by atoms with van der Waals surface area (Å²) in [5.74, 6) is -1.85. The van der Waals surface area contributed by atoms with E-state index in [-0.39, 0.29) is 23.9 Å². The third-order valence-corrected chi connectivity index (χ3v) is 5.99. The summed E-state index contributed by atoms with van der Waals surface area (Å²) in [6, 6.07) is 9.81. The topological polar surface area (TPSA) is 59.1 Å². The van der Waals surface area contributed by atoms with Crippen LogP contribution < -0.4 is 4.90 Å². The van der Waals surface area contributed by atoms with Gasteiger partial charge in [0.05, 0.1) is 24.9 Å². The van der Waals surface area contributed by atoms with E-state index >= 15 is 0 Å². The highest BCUT2D eigenvalue weighted by molar-refractivity contribution is 5.90. The third kappa shape index (κ3) is 4.54. The Kier molecular flexibility index (Phi) is 6.18. The van der Waals surface area contributed by atoms with Gasteiger partial charge in [-0.05, 0) is 61.7 Å². The van der Waals surface area contributed by atoms with Crippen LogP contribution in [0.15, 0.2) is 42.5 Å². The highest BCUT2D eigenvalue weighted by Crippen LogP contribution is 2.31. The van der Waals surface area contributed by atoms with Crippen LogP contribution in [0.4, 0.5) is 19.3 Å². The van der Waals surface area contributed by atoms with E-state index in [2.05, 4.69) is 9.64 Å². The molecule has 3 aliphatic rings. The average Bonchev–Trinajstić information content (AvgIpc) is 2.78. The van der Waals surface area contributed by atoms with Gasteiger partial charge in [0.1, 0.15) is 17.7 Å². The molecular weight excluding hydrogens is 406 g/mol. The zero-order valence-electron chi connectivity index (χ0n) is 17.2. The molecule has 3 saturated heterocycles. The number of methoxy groups -OCH3 is 1. The molecular formula is C23H24F2N2O4. The molecule has 1 atom stereocenters. The fourth-order valence-electron chi connectivity index (χ4n) is 4.27. The molecule has 0 N–H and O–H groups in total. The molecule has 0 aromatic heterocycles. The van der Waals surface area contributed by atoms with E-state index < -0.39 is 23.7 Å². The summed E-state index contributed by atoms with van der Waals surface area (Å²) >= 11 is 0. The van der Waals surface area contributed by atoms with Gasteiger partial charge in [0.15, 0.2) is 0 Å². The Balaban J connectivity index is 1.58. The van der Waals surface area contributed by atoms with Gasteiger partial charge in [-0.2, -0.15) is 0 Å². The van der Waals surface area contributed by atoms with Crippen molar-refractivity contribution in [1.29, 1.82) is 0 Å². The number of hydrogen-bond acceptors (Lipinski definition) is 5. The van der Waals surface area contributed by atoms with Gasteiger partial charge in [-0.3, -0.25) is 9.80 Å². The van der Waals surface area contributed by atoms with Gasteiger partial charge in [0.25, 0.3) is 0 Å². The van der Waals surface area contributed by atoms with Crippen molar-refractivity contribution in [3.8, 4) is 0 Å². The second-order valence-corrected chi connectivity index (χ2v) is 7.90. The number of carbonyl (C=O) groups is 2. The number of nitrogens with zero attached hydrogens (tertiary/aromatic N) is 2. The Hall–Kier alpha value is -3.00. The number of carbonyl (C=O) groups excluding carboxylic acids is 2. The minimum atomic E-state index is -0.795. The van der Waals surface area contributed by atoms with E-state index in [1.807, 2.05) is 0 Å². The summed E-state index contributed by atoms with van der Waals surface area (Å²) in [5, 5.41) is 0. The van der Waals surface area contributed by atoms with Crippen molar-refractivity contribution < 1.29 is 27.8 Å². The van der Waals surface area contributed by atoms with Gasteiger partial charge in [0, 0.05) is 6.54 Å². The second kappa shape index (κ2) is 9.01. The van der Waals surface area contributed by atoms with E-state index in [0.717, 1.165) is 32.0 Å². The first-order valence-corrected chi connectivity index (χ1v) is 10.3. The van der Waals surface area contributed by atoms with Crippen LogP contribution in [0.2, 0.25) is 0 Å². The van der Waals surface area contributed by atoms with Crippen molar-refractivity contribution in [1.82, 2.24) is 4.90 Å². The predicted molar refractivity (Wildman–Crippen MR) is 110 cm³/mol. The largest absolute Gasteiger partial charge is 0.465 e. The van der Waals surface area contributed by atoms with Crippen LogP contribution in [0.3, 0.4) is 0 Å². The van der Waals surface area contributed by atoms with Crippen molar-refractivity contribution in [2.45, 2.75) is 25.5 Å². The van der Waals surface area contributed by atoms with E-state index in [9.17, 15) is 18.4 Å². The minimum absolute atomic E-state index is 0.0474. The molecule has 8 heteroatoms. The maximum atomic E-state index is 14.5. The van der Waals surface area contributed by atoms with Gasteiger partial charge < -0.3 is 9.47 Å². The molecule has 3 fully saturated rings. The summed E-state index contributed by atoms with van der Waals surface area (Å²) in [7, 11) is 1.17. The number of esters is 1. The molecule has 1 amide bonds. The number of halogens is 2. The number of anilines is 1. The lowest BCUT2D eigenvalue weighted by Gasteiger charge is -2.44. The highest BCUT2D eigenvalue weighted by atomic mass is 19.1. The maximum absolute atomic E-state index is 14.5. The smallest absolute Gasteiger partial charge is 0.415 e. The molecule has 3 heterocycles. The second-order valence-electron chi connectivity index (χ2n) is 7.90. The van der Waals surface area contributed by atoms with Crippen molar-refractivity contribution in [2.24, 2.45) is 5.92 Å². The molecule has 2 aromatic rings. The summed E-state index contributed by atoms with van der Waals surface area (Å²) in [6.07, 6.45) is 1.01. The number of ether oxygens (including phenoxy) is 2.